The number of thiophene rings is 1. The van der Waals surface area contributed by atoms with Crippen LogP contribution < -0.4 is 9.47 Å². The van der Waals surface area contributed by atoms with E-state index in [1.54, 1.807) is 31.2 Å². The van der Waals surface area contributed by atoms with E-state index in [0.717, 1.165) is 34.7 Å². The number of aromatic nitrogens is 1. The number of amides is 2. The van der Waals surface area contributed by atoms with Gasteiger partial charge in [-0.15, -0.1) is 11.3 Å². The van der Waals surface area contributed by atoms with Crippen LogP contribution in [0, 0.1) is 0 Å². The first-order valence-corrected chi connectivity index (χ1v) is 19.9. The summed E-state index contributed by atoms with van der Waals surface area (Å²) in [6.45, 7) is 1.47. The lowest BCUT2D eigenvalue weighted by Gasteiger charge is -2.51. The van der Waals surface area contributed by atoms with E-state index in [9.17, 15) is 45.6 Å². The van der Waals surface area contributed by atoms with Gasteiger partial charge in [0.1, 0.15) is 22.1 Å². The van der Waals surface area contributed by atoms with Crippen molar-refractivity contribution in [3.05, 3.63) is 75.7 Å². The lowest BCUT2D eigenvalue weighted by molar-refractivity contribution is -0.163. The van der Waals surface area contributed by atoms with Crippen molar-refractivity contribution in [2.75, 3.05) is 32.4 Å². The highest BCUT2D eigenvalue weighted by molar-refractivity contribution is 7.51. The molecule has 2 aliphatic rings. The number of aliphatic hydroxyl groups is 1. The normalized spacial score (nSPS) is 20.8. The molecule has 2 atom stereocenters. The molecule has 0 saturated carbocycles. The van der Waals surface area contributed by atoms with Crippen molar-refractivity contribution in [3.63, 3.8) is 0 Å². The Balaban J connectivity index is 1.47. The zero-order valence-electron chi connectivity index (χ0n) is 29.1. The van der Waals surface area contributed by atoms with Crippen molar-refractivity contribution >= 4 is 30.7 Å². The van der Waals surface area contributed by atoms with Gasteiger partial charge in [-0.25, -0.2) is 0 Å². The van der Waals surface area contributed by atoms with Crippen molar-refractivity contribution in [2.45, 2.75) is 81.5 Å². The number of hydrogen-bond donors (Lipinski definition) is 3. The van der Waals surface area contributed by atoms with Crippen LogP contribution in [0.4, 0.5) is 26.3 Å². The van der Waals surface area contributed by atoms with Gasteiger partial charge in [0.15, 0.2) is 0 Å². The molecule has 0 bridgehead atoms. The number of para-hydroxylation sites is 1. The summed E-state index contributed by atoms with van der Waals surface area (Å²) in [4.78, 5) is 52.4. The molecule has 5 rings (SSSR count). The number of carbonyl (C=O) groups excluding carboxylic acids is 2. The van der Waals surface area contributed by atoms with Gasteiger partial charge in [-0.05, 0) is 50.3 Å². The highest BCUT2D eigenvalue weighted by Gasteiger charge is 2.56. The summed E-state index contributed by atoms with van der Waals surface area (Å²) in [6.07, 6.45) is -8.65. The molecular formula is C35H40F6N3O8PS. The third-order valence-electron chi connectivity index (χ3n) is 9.63. The number of benzene rings is 1. The van der Waals surface area contributed by atoms with Crippen LogP contribution in [0.2, 0.25) is 0 Å². The van der Waals surface area contributed by atoms with Crippen molar-refractivity contribution in [2.24, 2.45) is 0 Å². The van der Waals surface area contributed by atoms with Gasteiger partial charge in [0.05, 0.1) is 30.0 Å². The maximum absolute atomic E-state index is 14.8. The van der Waals surface area contributed by atoms with Gasteiger partial charge >= 0.3 is 19.9 Å². The molecule has 2 aliphatic heterocycles. The summed E-state index contributed by atoms with van der Waals surface area (Å²) in [5.74, 6) is -1.81. The number of hydrogen-bond acceptors (Lipinski definition) is 8. The molecule has 3 aromatic rings. The fraction of sp³-hybridized carbons (Fsp3) is 0.514. The number of nitrogens with zero attached hydrogens (tertiary/aromatic N) is 3. The Labute approximate surface area is 311 Å². The standard InChI is InChI=1S/C35H40F6N3O8PS/c1-2-8-27-33(52-23-21-28(54-22-23)35(39,40)41,12-6-16-44(27)30(45)29-25(34(36,37)38)10-5-15-42-29)31(46)43-17-13-32(47,14-18-43)24-9-3-4-11-26(24)51-19-7-20-53(48,49)50/h3-5,9-11,15,21-22,27,47H,2,6-8,12-14,16-20H2,1H3,(H2,48,49,50)/t27-,33+/m1/s1. The number of halogens is 6. The highest BCUT2D eigenvalue weighted by atomic mass is 32.1. The van der Waals surface area contributed by atoms with Crippen LogP contribution >= 0.6 is 18.9 Å². The minimum Gasteiger partial charge on any atom is -0.493 e. The minimum absolute atomic E-state index is 0.0294. The molecule has 2 saturated heterocycles. The first-order chi connectivity index (χ1) is 25.3. The van der Waals surface area contributed by atoms with Gasteiger partial charge in [0.2, 0.25) is 5.60 Å². The van der Waals surface area contributed by atoms with Crippen LogP contribution in [0.3, 0.4) is 0 Å². The lowest BCUT2D eigenvalue weighted by Crippen LogP contribution is -2.68. The van der Waals surface area contributed by atoms with Crippen molar-refractivity contribution < 1.29 is 64.9 Å². The fourth-order valence-electron chi connectivity index (χ4n) is 7.12. The van der Waals surface area contributed by atoms with Crippen LogP contribution in [0.5, 0.6) is 11.5 Å². The van der Waals surface area contributed by atoms with E-state index < -0.39 is 71.3 Å². The summed E-state index contributed by atoms with van der Waals surface area (Å²) in [5, 5.41) is 12.9. The second-order valence-corrected chi connectivity index (χ2v) is 16.0. The number of rotatable bonds is 12. The van der Waals surface area contributed by atoms with Crippen LogP contribution in [0.15, 0.2) is 54.0 Å². The van der Waals surface area contributed by atoms with E-state index in [1.165, 1.54) is 4.90 Å². The molecular weight excluding hydrogens is 767 g/mol. The third-order valence-corrected chi connectivity index (χ3v) is 11.5. The number of likely N-dealkylation sites (tertiary alicyclic amines) is 2. The smallest absolute Gasteiger partial charge is 0.425 e. The molecule has 2 fully saturated rings. The molecule has 2 aromatic heterocycles. The highest BCUT2D eigenvalue weighted by Crippen LogP contribution is 2.44. The predicted molar refractivity (Wildman–Crippen MR) is 184 cm³/mol. The summed E-state index contributed by atoms with van der Waals surface area (Å²) in [7, 11) is -4.24. The lowest BCUT2D eigenvalue weighted by atomic mass is 9.78. The molecule has 1 aromatic carbocycles. The monoisotopic (exact) mass is 807 g/mol. The van der Waals surface area contributed by atoms with Crippen molar-refractivity contribution in [1.29, 1.82) is 0 Å². The minimum atomic E-state index is -4.93. The molecule has 296 valence electrons. The number of piperidine rings is 2. The zero-order chi connectivity index (χ0) is 39.5. The van der Waals surface area contributed by atoms with Gasteiger partial charge in [-0.2, -0.15) is 26.3 Å². The van der Waals surface area contributed by atoms with Gasteiger partial charge in [-0.3, -0.25) is 19.1 Å². The van der Waals surface area contributed by atoms with Crippen LogP contribution in [0.1, 0.15) is 78.4 Å². The molecule has 0 unspecified atom stereocenters. The molecule has 0 spiro atoms. The fourth-order valence-corrected chi connectivity index (χ4v) is 8.34. The van der Waals surface area contributed by atoms with Crippen LogP contribution in [0.25, 0.3) is 0 Å². The van der Waals surface area contributed by atoms with Gasteiger partial charge in [0, 0.05) is 49.3 Å². The largest absolute Gasteiger partial charge is 0.493 e. The Morgan fingerprint density at radius 3 is 2.35 bits per heavy atom. The van der Waals surface area contributed by atoms with Gasteiger partial charge < -0.3 is 34.2 Å². The topological polar surface area (TPSA) is 150 Å². The molecule has 54 heavy (non-hydrogen) atoms. The second-order valence-electron chi connectivity index (χ2n) is 13.4. The van der Waals surface area contributed by atoms with Crippen molar-refractivity contribution in [1.82, 2.24) is 14.8 Å². The maximum atomic E-state index is 14.8. The second kappa shape index (κ2) is 16.2. The number of alkyl halides is 6. The number of ether oxygens (including phenoxy) is 2. The Bertz CT molecular complexity index is 1850. The van der Waals surface area contributed by atoms with E-state index in [1.807, 2.05) is 0 Å². The molecule has 4 heterocycles. The summed E-state index contributed by atoms with van der Waals surface area (Å²) < 4.78 is 106. The van der Waals surface area contributed by atoms with E-state index in [4.69, 9.17) is 19.3 Å². The van der Waals surface area contributed by atoms with Crippen LogP contribution in [-0.2, 0) is 27.3 Å². The number of carbonyl (C=O) groups is 2. The Morgan fingerprint density at radius 2 is 1.72 bits per heavy atom. The van der Waals surface area contributed by atoms with E-state index >= 15 is 0 Å². The summed E-state index contributed by atoms with van der Waals surface area (Å²) in [6, 6.07) is 7.84. The molecule has 0 aliphatic carbocycles. The molecule has 19 heteroatoms. The summed E-state index contributed by atoms with van der Waals surface area (Å²) >= 11 is 0.347. The zero-order valence-corrected chi connectivity index (χ0v) is 30.8. The first-order valence-electron chi connectivity index (χ1n) is 17.3. The third kappa shape index (κ3) is 9.21. The first kappa shape index (κ1) is 41.5. The molecule has 3 N–H and O–H groups in total. The molecule has 2 amide bonds. The summed E-state index contributed by atoms with van der Waals surface area (Å²) in [5.41, 5.74) is -5.32. The predicted octanol–water partition coefficient (Wildman–Crippen LogP) is 6.86. The maximum Gasteiger partial charge on any atom is 0.425 e. The molecule has 0 radical (unpaired) electrons. The SMILES string of the molecule is CCC[C@H]1N(C(=O)c2ncccc2C(F)(F)F)CCC[C@@]1(Oc1csc(C(F)(F)F)c1)C(=O)N1CCC(O)(c2ccccc2OCCCP(=O)(O)O)CC1. The van der Waals surface area contributed by atoms with E-state index in [0.29, 0.717) is 23.3 Å². The average Bonchev–Trinajstić information content (AvgIpc) is 3.59. The van der Waals surface area contributed by atoms with E-state index in [2.05, 4.69) is 4.98 Å². The molecule has 11 nitrogen and oxygen atoms in total. The van der Waals surface area contributed by atoms with Crippen LogP contribution in [-0.4, -0.2) is 85.5 Å². The Hall–Kier alpha value is -3.70. The van der Waals surface area contributed by atoms with Crippen molar-refractivity contribution in [3.8, 4) is 11.5 Å². The van der Waals surface area contributed by atoms with E-state index in [-0.39, 0.29) is 76.3 Å². The van der Waals surface area contributed by atoms with Gasteiger partial charge in [0.25, 0.3) is 11.8 Å². The van der Waals surface area contributed by atoms with Gasteiger partial charge in [-0.1, -0.05) is 31.5 Å². The average molecular weight is 808 g/mol. The Kier molecular flexibility index (Phi) is 12.4. The quantitative estimate of drug-likeness (QED) is 0.101. The Morgan fingerprint density at radius 1 is 1.02 bits per heavy atom. The number of pyridine rings is 1.